The minimum Gasteiger partial charge on any atom is -0.346 e. The predicted molar refractivity (Wildman–Crippen MR) is 130 cm³/mol. The highest BCUT2D eigenvalue weighted by molar-refractivity contribution is 7.71. The Morgan fingerprint density at radius 3 is 2.41 bits per heavy atom. The SMILES string of the molecule is O=C(Nc1cccc(-c2nc(NC(P(=O)(O)O)P(=O)(O)O)c3ccsc3n2)c1)C1CCCCC1. The lowest BCUT2D eigenvalue weighted by molar-refractivity contribution is -0.120. The van der Waals surface area contributed by atoms with Gasteiger partial charge >= 0.3 is 15.2 Å². The van der Waals surface area contributed by atoms with E-state index in [1.807, 2.05) is 0 Å². The van der Waals surface area contributed by atoms with Crippen molar-refractivity contribution in [2.24, 2.45) is 5.92 Å². The molecule has 4 rings (SSSR count). The van der Waals surface area contributed by atoms with E-state index < -0.39 is 20.7 Å². The Bertz CT molecular complexity index is 1280. The Morgan fingerprint density at radius 2 is 1.74 bits per heavy atom. The second kappa shape index (κ2) is 9.83. The van der Waals surface area contributed by atoms with E-state index >= 15 is 0 Å². The molecule has 1 amide bonds. The van der Waals surface area contributed by atoms with Gasteiger partial charge in [0.05, 0.1) is 5.39 Å². The van der Waals surface area contributed by atoms with Gasteiger partial charge in [-0.25, -0.2) is 9.97 Å². The van der Waals surface area contributed by atoms with Gasteiger partial charge in [0.15, 0.2) is 5.82 Å². The summed E-state index contributed by atoms with van der Waals surface area (Å²) in [6.07, 6.45) is 4.93. The number of rotatable bonds is 7. The first kappa shape index (κ1) is 24.9. The molecule has 1 aliphatic rings. The fourth-order valence-electron chi connectivity index (χ4n) is 3.93. The van der Waals surface area contributed by atoms with Crippen molar-refractivity contribution in [2.45, 2.75) is 37.6 Å². The fourth-order valence-corrected chi connectivity index (χ4v) is 6.84. The molecular weight excluding hydrogens is 502 g/mol. The number of hydrogen-bond acceptors (Lipinski definition) is 7. The van der Waals surface area contributed by atoms with Crippen molar-refractivity contribution in [1.29, 1.82) is 0 Å². The number of nitrogens with zero attached hydrogens (tertiary/aromatic N) is 2. The molecule has 2 aromatic heterocycles. The highest BCUT2D eigenvalue weighted by Gasteiger charge is 2.44. The largest absolute Gasteiger partial charge is 0.360 e. The van der Waals surface area contributed by atoms with Crippen molar-refractivity contribution >= 4 is 54.2 Å². The smallest absolute Gasteiger partial charge is 0.346 e. The van der Waals surface area contributed by atoms with Crippen LogP contribution in [-0.2, 0) is 13.9 Å². The summed E-state index contributed by atoms with van der Waals surface area (Å²) in [4.78, 5) is 59.8. The highest BCUT2D eigenvalue weighted by Crippen LogP contribution is 2.59. The van der Waals surface area contributed by atoms with E-state index in [-0.39, 0.29) is 23.5 Å². The molecule has 0 bridgehead atoms. The maximum Gasteiger partial charge on any atom is 0.360 e. The van der Waals surface area contributed by atoms with Gasteiger partial charge in [-0.3, -0.25) is 13.9 Å². The molecular formula is C20H24N4O7P2S. The van der Waals surface area contributed by atoms with E-state index in [1.54, 1.807) is 35.7 Å². The molecule has 6 N–H and O–H groups in total. The number of nitrogens with one attached hydrogen (secondary N) is 2. The number of benzene rings is 1. The van der Waals surface area contributed by atoms with Crippen LogP contribution in [0.3, 0.4) is 0 Å². The first-order valence-corrected chi connectivity index (χ1v) is 14.8. The molecule has 34 heavy (non-hydrogen) atoms. The molecule has 11 nitrogen and oxygen atoms in total. The second-order valence-corrected chi connectivity index (χ2v) is 12.8. The van der Waals surface area contributed by atoms with E-state index in [0.717, 1.165) is 32.1 Å². The third-order valence-corrected chi connectivity index (χ3v) is 9.74. The second-order valence-electron chi connectivity index (χ2n) is 8.14. The molecule has 1 aromatic carbocycles. The monoisotopic (exact) mass is 526 g/mol. The molecule has 0 unspecified atom stereocenters. The van der Waals surface area contributed by atoms with Crippen molar-refractivity contribution in [2.75, 3.05) is 10.6 Å². The third kappa shape index (κ3) is 5.72. The molecule has 14 heteroatoms. The van der Waals surface area contributed by atoms with E-state index in [9.17, 15) is 33.5 Å². The zero-order valence-electron chi connectivity index (χ0n) is 17.9. The maximum atomic E-state index is 12.6. The van der Waals surface area contributed by atoms with Gasteiger partial charge in [0.2, 0.25) is 11.4 Å². The van der Waals surface area contributed by atoms with E-state index in [2.05, 4.69) is 20.6 Å². The molecule has 0 spiro atoms. The number of fused-ring (bicyclic) bond motifs is 1. The van der Waals surface area contributed by atoms with Crippen molar-refractivity contribution in [3.63, 3.8) is 0 Å². The van der Waals surface area contributed by atoms with Crippen LogP contribution in [0.1, 0.15) is 32.1 Å². The molecule has 182 valence electrons. The Balaban J connectivity index is 1.66. The van der Waals surface area contributed by atoms with E-state index in [4.69, 9.17) is 0 Å². The van der Waals surface area contributed by atoms with Gasteiger partial charge < -0.3 is 30.2 Å². The van der Waals surface area contributed by atoms with Crippen molar-refractivity contribution in [3.8, 4) is 11.4 Å². The van der Waals surface area contributed by atoms with Crippen LogP contribution in [0.2, 0.25) is 0 Å². The molecule has 0 atom stereocenters. The van der Waals surface area contributed by atoms with E-state index in [0.29, 0.717) is 21.5 Å². The summed E-state index contributed by atoms with van der Waals surface area (Å²) in [5.74, 6) is -0.0138. The Labute approximate surface area is 199 Å². The van der Waals surface area contributed by atoms with Gasteiger partial charge in [-0.1, -0.05) is 31.4 Å². The Morgan fingerprint density at radius 1 is 1.03 bits per heavy atom. The molecule has 2 heterocycles. The predicted octanol–water partition coefficient (Wildman–Crippen LogP) is 3.93. The number of amides is 1. The van der Waals surface area contributed by atoms with Gasteiger partial charge in [-0.2, -0.15) is 0 Å². The zero-order chi connectivity index (χ0) is 24.5. The fraction of sp³-hybridized carbons (Fsp3) is 0.350. The Hall–Kier alpha value is -2.17. The van der Waals surface area contributed by atoms with Crippen LogP contribution in [0.25, 0.3) is 21.6 Å². The van der Waals surface area contributed by atoms with Crippen LogP contribution in [0, 0.1) is 5.92 Å². The average molecular weight is 526 g/mol. The minimum atomic E-state index is -5.23. The van der Waals surface area contributed by atoms with Crippen LogP contribution in [0.4, 0.5) is 11.5 Å². The maximum absolute atomic E-state index is 12.6. The quantitative estimate of drug-likeness (QED) is 0.247. The highest BCUT2D eigenvalue weighted by atomic mass is 32.1. The number of carbonyl (C=O) groups is 1. The summed E-state index contributed by atoms with van der Waals surface area (Å²) in [5, 5.41) is 7.22. The molecule has 0 saturated heterocycles. The van der Waals surface area contributed by atoms with Crippen molar-refractivity contribution in [3.05, 3.63) is 35.7 Å². The Kier molecular flexibility index (Phi) is 7.21. The number of carbonyl (C=O) groups excluding carboxylic acids is 1. The van der Waals surface area contributed by atoms with Crippen LogP contribution in [-0.4, -0.2) is 41.0 Å². The van der Waals surface area contributed by atoms with Gasteiger partial charge in [0.1, 0.15) is 10.6 Å². The topological polar surface area (TPSA) is 182 Å². The van der Waals surface area contributed by atoms with Crippen molar-refractivity contribution in [1.82, 2.24) is 9.97 Å². The third-order valence-electron chi connectivity index (χ3n) is 5.59. The summed E-state index contributed by atoms with van der Waals surface area (Å²) in [5.41, 5.74) is -1.38. The minimum absolute atomic E-state index is 0.0239. The van der Waals surface area contributed by atoms with Crippen LogP contribution in [0.5, 0.6) is 0 Å². The van der Waals surface area contributed by atoms with Crippen LogP contribution >= 0.6 is 26.5 Å². The van der Waals surface area contributed by atoms with Gasteiger partial charge in [-0.05, 0) is 36.4 Å². The summed E-state index contributed by atoms with van der Waals surface area (Å²) in [7, 11) is -10.5. The summed E-state index contributed by atoms with van der Waals surface area (Å²) in [6.45, 7) is 0. The summed E-state index contributed by atoms with van der Waals surface area (Å²) < 4.78 is 23.5. The number of thiophene rings is 1. The number of aromatic nitrogens is 2. The molecule has 0 aliphatic heterocycles. The molecule has 0 radical (unpaired) electrons. The zero-order valence-corrected chi connectivity index (χ0v) is 20.5. The van der Waals surface area contributed by atoms with Crippen LogP contribution < -0.4 is 10.6 Å². The number of hydrogen-bond donors (Lipinski definition) is 6. The van der Waals surface area contributed by atoms with Crippen LogP contribution in [0.15, 0.2) is 35.7 Å². The standard InChI is InChI=1S/C20H24N4O7P2S/c25-18(12-5-2-1-3-6-12)21-14-8-4-7-13(11-14)16-22-17(15-9-10-34-19(15)23-16)24-20(32(26,27)28)33(29,30)31/h4,7-12,20H,1-3,5-6H2,(H,21,25)(H,22,23,24)(H2,26,27,28)(H2,29,30,31). The molecule has 3 aromatic rings. The lowest BCUT2D eigenvalue weighted by atomic mass is 9.88. The first-order valence-electron chi connectivity index (χ1n) is 10.6. The van der Waals surface area contributed by atoms with Crippen molar-refractivity contribution < 1.29 is 33.5 Å². The average Bonchev–Trinajstić information content (AvgIpc) is 3.25. The summed E-state index contributed by atoms with van der Waals surface area (Å²) >= 11 is 1.24. The van der Waals surface area contributed by atoms with E-state index in [1.165, 1.54) is 11.3 Å². The molecule has 1 fully saturated rings. The summed E-state index contributed by atoms with van der Waals surface area (Å²) in [6, 6.07) is 8.43. The number of anilines is 2. The molecule has 1 aliphatic carbocycles. The lowest BCUT2D eigenvalue weighted by Crippen LogP contribution is -2.24. The van der Waals surface area contributed by atoms with Gasteiger partial charge in [0.25, 0.3) is 0 Å². The van der Waals surface area contributed by atoms with Gasteiger partial charge in [-0.15, -0.1) is 11.3 Å². The normalized spacial score (nSPS) is 15.6. The molecule has 1 saturated carbocycles. The lowest BCUT2D eigenvalue weighted by Gasteiger charge is -2.22. The van der Waals surface area contributed by atoms with Gasteiger partial charge in [0, 0.05) is 17.2 Å². The first-order chi connectivity index (χ1) is 16.0.